The molecule has 0 amide bonds. The standard InChI is InChI=1S/C25H19N3/c1-18-12-13-19-14-15-21(17-22(19)16-18)25-27-26-24(20-8-4-2-5-9-20)28(25)23-10-6-3-7-11-23/h2-17H,1H3. The first-order valence-corrected chi connectivity index (χ1v) is 9.37. The third-order valence-corrected chi connectivity index (χ3v) is 4.96. The predicted octanol–water partition coefficient (Wildman–Crippen LogP) is 6.06. The molecule has 0 aliphatic heterocycles. The summed E-state index contributed by atoms with van der Waals surface area (Å²) in [5.41, 5.74) is 4.39. The van der Waals surface area contributed by atoms with E-state index in [9.17, 15) is 0 Å². The number of rotatable bonds is 3. The number of benzene rings is 4. The molecular formula is C25H19N3. The Morgan fingerprint density at radius 3 is 1.96 bits per heavy atom. The van der Waals surface area contributed by atoms with E-state index in [0.717, 1.165) is 28.5 Å². The fourth-order valence-electron chi connectivity index (χ4n) is 3.57. The minimum atomic E-state index is 0.839. The zero-order valence-corrected chi connectivity index (χ0v) is 15.6. The first kappa shape index (κ1) is 16.5. The monoisotopic (exact) mass is 361 g/mol. The zero-order valence-electron chi connectivity index (χ0n) is 15.6. The van der Waals surface area contributed by atoms with Gasteiger partial charge in [-0.15, -0.1) is 10.2 Å². The first-order valence-electron chi connectivity index (χ1n) is 9.37. The van der Waals surface area contributed by atoms with E-state index in [1.807, 2.05) is 36.4 Å². The van der Waals surface area contributed by atoms with Crippen molar-refractivity contribution in [2.45, 2.75) is 6.92 Å². The Bertz CT molecular complexity index is 1260. The molecule has 0 atom stereocenters. The predicted molar refractivity (Wildman–Crippen MR) is 114 cm³/mol. The molecule has 0 aliphatic rings. The lowest BCUT2D eigenvalue weighted by atomic mass is 10.0. The van der Waals surface area contributed by atoms with Gasteiger partial charge in [0.15, 0.2) is 11.6 Å². The molecule has 0 bridgehead atoms. The number of aryl methyl sites for hydroxylation is 1. The second kappa shape index (κ2) is 6.78. The van der Waals surface area contributed by atoms with E-state index in [0.29, 0.717) is 0 Å². The molecule has 28 heavy (non-hydrogen) atoms. The van der Waals surface area contributed by atoms with Gasteiger partial charge in [-0.3, -0.25) is 4.57 Å². The summed E-state index contributed by atoms with van der Waals surface area (Å²) in [7, 11) is 0. The Morgan fingerprint density at radius 1 is 0.571 bits per heavy atom. The van der Waals surface area contributed by atoms with Crippen LogP contribution in [0.15, 0.2) is 97.1 Å². The smallest absolute Gasteiger partial charge is 0.168 e. The molecule has 3 nitrogen and oxygen atoms in total. The molecule has 3 heteroatoms. The van der Waals surface area contributed by atoms with Gasteiger partial charge in [0.05, 0.1) is 0 Å². The van der Waals surface area contributed by atoms with Gasteiger partial charge in [-0.2, -0.15) is 0 Å². The Labute approximate surface area is 163 Å². The zero-order chi connectivity index (χ0) is 18.9. The van der Waals surface area contributed by atoms with Crippen molar-refractivity contribution >= 4 is 10.8 Å². The maximum absolute atomic E-state index is 4.58. The van der Waals surface area contributed by atoms with Gasteiger partial charge in [-0.1, -0.05) is 84.4 Å². The van der Waals surface area contributed by atoms with Crippen molar-refractivity contribution in [2.24, 2.45) is 0 Å². The van der Waals surface area contributed by atoms with Crippen molar-refractivity contribution < 1.29 is 0 Å². The molecule has 134 valence electrons. The van der Waals surface area contributed by atoms with Crippen molar-refractivity contribution in [3.63, 3.8) is 0 Å². The highest BCUT2D eigenvalue weighted by Crippen LogP contribution is 2.30. The van der Waals surface area contributed by atoms with Crippen LogP contribution in [0.2, 0.25) is 0 Å². The third-order valence-electron chi connectivity index (χ3n) is 4.96. The van der Waals surface area contributed by atoms with E-state index in [2.05, 4.69) is 82.4 Å². The molecule has 0 saturated heterocycles. The summed E-state index contributed by atoms with van der Waals surface area (Å²) in [6.07, 6.45) is 0. The average molecular weight is 361 g/mol. The van der Waals surface area contributed by atoms with E-state index in [1.165, 1.54) is 16.3 Å². The quantitative estimate of drug-likeness (QED) is 0.391. The lowest BCUT2D eigenvalue weighted by Gasteiger charge is -2.11. The third kappa shape index (κ3) is 2.87. The fourth-order valence-corrected chi connectivity index (χ4v) is 3.57. The highest BCUT2D eigenvalue weighted by atomic mass is 15.3. The van der Waals surface area contributed by atoms with E-state index in [4.69, 9.17) is 0 Å². The van der Waals surface area contributed by atoms with Crippen molar-refractivity contribution in [3.05, 3.63) is 103 Å². The summed E-state index contributed by atoms with van der Waals surface area (Å²) in [6, 6.07) is 33.4. The van der Waals surface area contributed by atoms with Crippen LogP contribution in [0, 0.1) is 6.92 Å². The highest BCUT2D eigenvalue weighted by Gasteiger charge is 2.17. The summed E-state index contributed by atoms with van der Waals surface area (Å²) < 4.78 is 2.13. The maximum Gasteiger partial charge on any atom is 0.168 e. The van der Waals surface area contributed by atoms with Crippen LogP contribution in [0.4, 0.5) is 0 Å². The minimum Gasteiger partial charge on any atom is -0.275 e. The van der Waals surface area contributed by atoms with Crippen LogP contribution in [-0.2, 0) is 0 Å². The van der Waals surface area contributed by atoms with Gasteiger partial charge in [0.25, 0.3) is 0 Å². The molecule has 1 aromatic heterocycles. The van der Waals surface area contributed by atoms with Crippen LogP contribution in [0.25, 0.3) is 39.2 Å². The van der Waals surface area contributed by atoms with Gasteiger partial charge in [-0.05, 0) is 35.9 Å². The maximum atomic E-state index is 4.58. The van der Waals surface area contributed by atoms with E-state index in [-0.39, 0.29) is 0 Å². The van der Waals surface area contributed by atoms with Crippen LogP contribution < -0.4 is 0 Å². The Hall–Kier alpha value is -3.72. The molecule has 0 spiro atoms. The number of nitrogens with zero attached hydrogens (tertiary/aromatic N) is 3. The second-order valence-corrected chi connectivity index (χ2v) is 6.95. The molecule has 0 saturated carbocycles. The lowest BCUT2D eigenvalue weighted by Crippen LogP contribution is -2.00. The summed E-state index contributed by atoms with van der Waals surface area (Å²) in [5.74, 6) is 1.68. The Balaban J connectivity index is 1.75. The lowest BCUT2D eigenvalue weighted by molar-refractivity contribution is 1.07. The normalized spacial score (nSPS) is 11.0. The molecule has 1 heterocycles. The topological polar surface area (TPSA) is 30.7 Å². The Kier molecular flexibility index (Phi) is 3.99. The van der Waals surface area contributed by atoms with E-state index >= 15 is 0 Å². The fraction of sp³-hybridized carbons (Fsp3) is 0.0400. The Morgan fingerprint density at radius 2 is 1.21 bits per heavy atom. The molecule has 0 unspecified atom stereocenters. The summed E-state index contributed by atoms with van der Waals surface area (Å²) >= 11 is 0. The van der Waals surface area contributed by atoms with Crippen LogP contribution in [0.3, 0.4) is 0 Å². The van der Waals surface area contributed by atoms with Crippen molar-refractivity contribution in [3.8, 4) is 28.5 Å². The van der Waals surface area contributed by atoms with Crippen LogP contribution in [-0.4, -0.2) is 14.8 Å². The molecular weight excluding hydrogens is 342 g/mol. The number of fused-ring (bicyclic) bond motifs is 1. The van der Waals surface area contributed by atoms with Gasteiger partial charge in [0.1, 0.15) is 0 Å². The van der Waals surface area contributed by atoms with Gasteiger partial charge in [-0.25, -0.2) is 0 Å². The first-order chi connectivity index (χ1) is 13.8. The van der Waals surface area contributed by atoms with Crippen molar-refractivity contribution in [2.75, 3.05) is 0 Å². The summed E-state index contributed by atoms with van der Waals surface area (Å²) in [4.78, 5) is 0. The molecule has 4 aromatic carbocycles. The van der Waals surface area contributed by atoms with Crippen molar-refractivity contribution in [1.29, 1.82) is 0 Å². The largest absolute Gasteiger partial charge is 0.275 e. The van der Waals surface area contributed by atoms with E-state index < -0.39 is 0 Å². The number of para-hydroxylation sites is 1. The molecule has 0 aliphatic carbocycles. The van der Waals surface area contributed by atoms with Gasteiger partial charge >= 0.3 is 0 Å². The SMILES string of the molecule is Cc1ccc2ccc(-c3nnc(-c4ccccc4)n3-c3ccccc3)cc2c1. The van der Waals surface area contributed by atoms with E-state index in [1.54, 1.807) is 0 Å². The second-order valence-electron chi connectivity index (χ2n) is 6.95. The van der Waals surface area contributed by atoms with Crippen LogP contribution in [0.5, 0.6) is 0 Å². The van der Waals surface area contributed by atoms with Crippen LogP contribution >= 0.6 is 0 Å². The number of hydrogen-bond donors (Lipinski definition) is 0. The van der Waals surface area contributed by atoms with Gasteiger partial charge in [0.2, 0.25) is 0 Å². The highest BCUT2D eigenvalue weighted by molar-refractivity contribution is 5.87. The number of aromatic nitrogens is 3. The van der Waals surface area contributed by atoms with Crippen molar-refractivity contribution in [1.82, 2.24) is 14.8 Å². The van der Waals surface area contributed by atoms with Gasteiger partial charge in [0, 0.05) is 16.8 Å². The summed E-state index contributed by atoms with van der Waals surface area (Å²) in [6.45, 7) is 2.12. The summed E-state index contributed by atoms with van der Waals surface area (Å²) in [5, 5.41) is 11.6. The molecule has 5 aromatic rings. The average Bonchev–Trinajstić information content (AvgIpc) is 3.19. The number of hydrogen-bond acceptors (Lipinski definition) is 2. The van der Waals surface area contributed by atoms with Crippen LogP contribution in [0.1, 0.15) is 5.56 Å². The molecule has 0 radical (unpaired) electrons. The molecule has 5 rings (SSSR count). The molecule has 0 N–H and O–H groups in total. The van der Waals surface area contributed by atoms with Gasteiger partial charge < -0.3 is 0 Å². The minimum absolute atomic E-state index is 0.839. The molecule has 0 fully saturated rings.